The van der Waals surface area contributed by atoms with Crippen molar-refractivity contribution in [3.8, 4) is 11.8 Å². The highest BCUT2D eigenvalue weighted by atomic mass is 32.2. The van der Waals surface area contributed by atoms with Gasteiger partial charge in [0.15, 0.2) is 5.58 Å². The van der Waals surface area contributed by atoms with Crippen LogP contribution in [0.15, 0.2) is 41.2 Å². The molecule has 0 saturated heterocycles. The average Bonchev–Trinajstić information content (AvgIpc) is 3.12. The number of sulfonamides is 1. The number of hydrogen-bond donors (Lipinski definition) is 1. The smallest absolute Gasteiger partial charge is 0.278 e. The van der Waals surface area contributed by atoms with E-state index in [2.05, 4.69) is 19.8 Å². The van der Waals surface area contributed by atoms with Crippen LogP contribution in [-0.2, 0) is 15.8 Å². The van der Waals surface area contributed by atoms with E-state index in [1.807, 2.05) is 12.1 Å². The Bertz CT molecular complexity index is 1080. The minimum atomic E-state index is -3.54. The molecule has 4 rings (SSSR count). The van der Waals surface area contributed by atoms with Gasteiger partial charge in [0.1, 0.15) is 17.6 Å². The summed E-state index contributed by atoms with van der Waals surface area (Å²) < 4.78 is 44.2. The molecule has 29 heavy (non-hydrogen) atoms. The summed E-state index contributed by atoms with van der Waals surface area (Å²) in [5, 5.41) is 4.63. The van der Waals surface area contributed by atoms with Crippen molar-refractivity contribution in [2.75, 3.05) is 7.11 Å². The van der Waals surface area contributed by atoms with Gasteiger partial charge in [-0.25, -0.2) is 23.1 Å². The second-order valence-corrected chi connectivity index (χ2v) is 8.72. The molecule has 0 atom stereocenters. The summed E-state index contributed by atoms with van der Waals surface area (Å²) in [4.78, 5) is 8.22. The van der Waals surface area contributed by atoms with E-state index in [0.29, 0.717) is 54.1 Å². The highest BCUT2D eigenvalue weighted by Gasteiger charge is 2.28. The Hall–Kier alpha value is -2.72. The second kappa shape index (κ2) is 8.34. The molecule has 1 N–H and O–H groups in total. The van der Waals surface area contributed by atoms with E-state index in [9.17, 15) is 8.42 Å². The molecule has 1 saturated carbocycles. The highest BCUT2D eigenvalue weighted by Crippen LogP contribution is 2.27. The molecule has 154 valence electrons. The normalized spacial score (nSPS) is 19.9. The lowest BCUT2D eigenvalue weighted by Crippen LogP contribution is -2.40. The van der Waals surface area contributed by atoms with Crippen molar-refractivity contribution in [3.05, 3.63) is 42.4 Å². The van der Waals surface area contributed by atoms with Gasteiger partial charge < -0.3 is 14.0 Å². The third kappa shape index (κ3) is 4.65. The molecular formula is C19H22N4O5S. The van der Waals surface area contributed by atoms with E-state index in [4.69, 9.17) is 14.0 Å². The molecule has 0 unspecified atom stereocenters. The fourth-order valence-electron chi connectivity index (χ4n) is 3.51. The van der Waals surface area contributed by atoms with Crippen LogP contribution in [0.2, 0.25) is 0 Å². The Balaban J connectivity index is 1.33. The van der Waals surface area contributed by atoms with Crippen molar-refractivity contribution >= 4 is 21.0 Å². The largest absolute Gasteiger partial charge is 0.477 e. The van der Waals surface area contributed by atoms with Crippen molar-refractivity contribution in [3.63, 3.8) is 0 Å². The van der Waals surface area contributed by atoms with Gasteiger partial charge in [0.25, 0.3) is 11.8 Å². The van der Waals surface area contributed by atoms with Gasteiger partial charge in [-0.05, 0) is 37.8 Å². The molecule has 2 aromatic heterocycles. The van der Waals surface area contributed by atoms with Crippen LogP contribution >= 0.6 is 0 Å². The van der Waals surface area contributed by atoms with Gasteiger partial charge in [0.05, 0.1) is 7.11 Å². The first kappa shape index (κ1) is 19.6. The first-order valence-electron chi connectivity index (χ1n) is 9.39. The Morgan fingerprint density at radius 1 is 1.10 bits per heavy atom. The number of para-hydroxylation sites is 1. The lowest BCUT2D eigenvalue weighted by atomic mass is 9.94. The molecule has 1 fully saturated rings. The molecular weight excluding hydrogens is 396 g/mol. The fourth-order valence-corrected chi connectivity index (χ4v) is 4.90. The Kier molecular flexibility index (Phi) is 5.63. The molecule has 0 bridgehead atoms. The predicted octanol–water partition coefficient (Wildman–Crippen LogP) is 2.44. The van der Waals surface area contributed by atoms with Crippen LogP contribution in [0.3, 0.4) is 0 Å². The summed E-state index contributed by atoms with van der Waals surface area (Å²) >= 11 is 0. The minimum Gasteiger partial charge on any atom is -0.477 e. The van der Waals surface area contributed by atoms with Crippen molar-refractivity contribution in [1.82, 2.24) is 19.8 Å². The Morgan fingerprint density at radius 2 is 1.83 bits per heavy atom. The van der Waals surface area contributed by atoms with E-state index in [0.717, 1.165) is 0 Å². The molecule has 0 aliphatic heterocycles. The van der Waals surface area contributed by atoms with Gasteiger partial charge in [-0.2, -0.15) is 0 Å². The maximum atomic E-state index is 12.6. The highest BCUT2D eigenvalue weighted by molar-refractivity contribution is 7.88. The van der Waals surface area contributed by atoms with Crippen LogP contribution in [0.4, 0.5) is 0 Å². The van der Waals surface area contributed by atoms with Gasteiger partial charge in [0.2, 0.25) is 10.0 Å². The first-order chi connectivity index (χ1) is 14.0. The van der Waals surface area contributed by atoms with Crippen LogP contribution in [0.25, 0.3) is 11.0 Å². The molecule has 0 amide bonds. The average molecular weight is 418 g/mol. The molecule has 1 aliphatic carbocycles. The number of fused-ring (bicyclic) bond motifs is 1. The maximum absolute atomic E-state index is 12.6. The number of ether oxygens (including phenoxy) is 2. The van der Waals surface area contributed by atoms with E-state index in [-0.39, 0.29) is 17.9 Å². The number of nitrogens with zero attached hydrogens (tertiary/aromatic N) is 3. The number of nitrogens with one attached hydrogen (secondary N) is 1. The van der Waals surface area contributed by atoms with Gasteiger partial charge >= 0.3 is 0 Å². The zero-order valence-electron chi connectivity index (χ0n) is 15.9. The molecule has 9 nitrogen and oxygen atoms in total. The summed E-state index contributed by atoms with van der Waals surface area (Å²) in [5.74, 6) is 0.490. The second-order valence-electron chi connectivity index (χ2n) is 6.96. The van der Waals surface area contributed by atoms with Crippen LogP contribution in [0, 0.1) is 0 Å². The topological polar surface area (TPSA) is 116 Å². The SMILES string of the molecule is COc1nccnc1OC1CCC(NS(=O)(=O)Cc2noc3ccccc23)CC1. The van der Waals surface area contributed by atoms with Crippen LogP contribution < -0.4 is 14.2 Å². The summed E-state index contributed by atoms with van der Waals surface area (Å²) in [6.45, 7) is 0. The predicted molar refractivity (Wildman–Crippen MR) is 105 cm³/mol. The first-order valence-corrected chi connectivity index (χ1v) is 11.0. The Morgan fingerprint density at radius 3 is 2.59 bits per heavy atom. The molecule has 3 aromatic rings. The molecule has 1 aliphatic rings. The maximum Gasteiger partial charge on any atom is 0.278 e. The third-order valence-electron chi connectivity index (χ3n) is 4.90. The van der Waals surface area contributed by atoms with Gasteiger partial charge in [-0.3, -0.25) is 0 Å². The van der Waals surface area contributed by atoms with Gasteiger partial charge in [0, 0.05) is 23.8 Å². The Labute approximate surface area is 168 Å². The van der Waals surface area contributed by atoms with E-state index < -0.39 is 10.0 Å². The van der Waals surface area contributed by atoms with Crippen LogP contribution in [0.5, 0.6) is 11.8 Å². The number of rotatable bonds is 7. The van der Waals surface area contributed by atoms with Gasteiger partial charge in [-0.1, -0.05) is 17.3 Å². The lowest BCUT2D eigenvalue weighted by molar-refractivity contribution is 0.132. The van der Waals surface area contributed by atoms with E-state index >= 15 is 0 Å². The number of benzene rings is 1. The minimum absolute atomic E-state index is 0.0548. The summed E-state index contributed by atoms with van der Waals surface area (Å²) in [6, 6.07) is 7.08. The van der Waals surface area contributed by atoms with Crippen molar-refractivity contribution in [2.45, 2.75) is 43.6 Å². The molecule has 0 spiro atoms. The zero-order chi connectivity index (χ0) is 20.3. The summed E-state index contributed by atoms with van der Waals surface area (Å²) in [7, 11) is -2.02. The quantitative estimate of drug-likeness (QED) is 0.622. The molecule has 1 aromatic carbocycles. The summed E-state index contributed by atoms with van der Waals surface area (Å²) in [6.07, 6.45) is 5.79. The van der Waals surface area contributed by atoms with E-state index in [1.54, 1.807) is 18.3 Å². The van der Waals surface area contributed by atoms with Crippen molar-refractivity contribution in [2.24, 2.45) is 0 Å². The number of methoxy groups -OCH3 is 1. The lowest BCUT2D eigenvalue weighted by Gasteiger charge is -2.29. The fraction of sp³-hybridized carbons (Fsp3) is 0.421. The van der Waals surface area contributed by atoms with Crippen LogP contribution in [-0.4, -0.2) is 42.8 Å². The number of aromatic nitrogens is 3. The van der Waals surface area contributed by atoms with Crippen LogP contribution in [0.1, 0.15) is 31.4 Å². The summed E-state index contributed by atoms with van der Waals surface area (Å²) in [5.41, 5.74) is 0.995. The van der Waals surface area contributed by atoms with Gasteiger partial charge in [-0.15, -0.1) is 0 Å². The molecule has 10 heteroatoms. The monoisotopic (exact) mass is 418 g/mol. The zero-order valence-corrected chi connectivity index (χ0v) is 16.8. The van der Waals surface area contributed by atoms with Crippen molar-refractivity contribution < 1.29 is 22.4 Å². The molecule has 2 heterocycles. The standard InChI is InChI=1S/C19H22N4O5S/c1-26-18-19(21-11-10-20-18)27-14-8-6-13(7-9-14)23-29(24,25)12-16-15-4-2-3-5-17(15)28-22-16/h2-5,10-11,13-14,23H,6-9,12H2,1H3. The third-order valence-corrected chi connectivity index (χ3v) is 6.25. The number of hydrogen-bond acceptors (Lipinski definition) is 8. The van der Waals surface area contributed by atoms with Crippen molar-refractivity contribution in [1.29, 1.82) is 0 Å². The molecule has 0 radical (unpaired) electrons. The van der Waals surface area contributed by atoms with E-state index in [1.165, 1.54) is 13.3 Å².